The van der Waals surface area contributed by atoms with Crippen molar-refractivity contribution >= 4 is 21.9 Å². The average Bonchev–Trinajstić information content (AvgIpc) is 1.85. The van der Waals surface area contributed by atoms with Crippen LogP contribution in [0.25, 0.3) is 0 Å². The quantitative estimate of drug-likeness (QED) is 0.522. The summed E-state index contributed by atoms with van der Waals surface area (Å²) in [6.45, 7) is 4.03. The highest BCUT2D eigenvalue weighted by atomic mass is 79.9. The van der Waals surface area contributed by atoms with Crippen molar-refractivity contribution in [2.45, 2.75) is 20.3 Å². The molecule has 60 valence electrons. The maximum atomic E-state index is 10.3. The first-order valence-corrected chi connectivity index (χ1v) is 4.48. The monoisotopic (exact) mass is 208 g/mol. The Morgan fingerprint density at radius 2 is 2.30 bits per heavy atom. The fraction of sp³-hybridized carbons (Fsp3) is 0.857. The van der Waals surface area contributed by atoms with Gasteiger partial charge < -0.3 is 4.74 Å². The van der Waals surface area contributed by atoms with Crippen molar-refractivity contribution < 1.29 is 9.53 Å². The minimum atomic E-state index is -0.193. The van der Waals surface area contributed by atoms with Gasteiger partial charge in [-0.15, -0.1) is 0 Å². The summed E-state index contributed by atoms with van der Waals surface area (Å²) in [5, 5.41) is 0.968. The third-order valence-corrected chi connectivity index (χ3v) is 1.63. The predicted octanol–water partition coefficient (Wildman–Crippen LogP) is 1.97. The van der Waals surface area contributed by atoms with Crippen LogP contribution >= 0.6 is 15.9 Å². The van der Waals surface area contributed by atoms with Gasteiger partial charge in [0.05, 0.1) is 6.61 Å². The zero-order valence-electron chi connectivity index (χ0n) is 6.39. The molecule has 2 nitrogen and oxygen atoms in total. The van der Waals surface area contributed by atoms with Crippen LogP contribution in [0.3, 0.4) is 0 Å². The molecule has 0 spiro atoms. The van der Waals surface area contributed by atoms with Crippen LogP contribution in [0.5, 0.6) is 0 Å². The second-order valence-corrected chi connectivity index (χ2v) is 3.18. The van der Waals surface area contributed by atoms with Gasteiger partial charge in [0.2, 0.25) is 0 Å². The Labute approximate surface area is 70.1 Å². The fourth-order valence-electron chi connectivity index (χ4n) is 0.529. The summed E-state index contributed by atoms with van der Waals surface area (Å²) in [6.07, 6.45) is 1.05. The summed E-state index contributed by atoms with van der Waals surface area (Å²) in [5.41, 5.74) is 0. The molecular weight excluding hydrogens is 196 g/mol. The molecule has 0 rings (SSSR count). The van der Waals surface area contributed by atoms with Gasteiger partial charge in [0.15, 0.2) is 0 Å². The average molecular weight is 209 g/mol. The zero-order chi connectivity index (χ0) is 7.98. The summed E-state index contributed by atoms with van der Waals surface area (Å²) in [5.74, 6) is 0.268. The Hall–Kier alpha value is -0.0500. The van der Waals surface area contributed by atoms with Gasteiger partial charge in [-0.3, -0.25) is 4.79 Å². The molecule has 0 aliphatic carbocycles. The first-order valence-electron chi connectivity index (χ1n) is 3.36. The molecule has 0 aromatic heterocycles. The summed E-state index contributed by atoms with van der Waals surface area (Å²) in [7, 11) is 0. The SMILES string of the molecule is CC(=O)OC[C@H](C)CCBr. The van der Waals surface area contributed by atoms with Gasteiger partial charge in [-0.05, 0) is 12.3 Å². The highest BCUT2D eigenvalue weighted by Gasteiger charge is 2.01. The smallest absolute Gasteiger partial charge is 0.302 e. The van der Waals surface area contributed by atoms with Crippen LogP contribution in [0, 0.1) is 5.92 Å². The Morgan fingerprint density at radius 1 is 1.70 bits per heavy atom. The molecule has 0 aromatic carbocycles. The lowest BCUT2D eigenvalue weighted by molar-refractivity contribution is -0.142. The molecule has 0 aliphatic rings. The predicted molar refractivity (Wildman–Crippen MR) is 44.2 cm³/mol. The number of halogens is 1. The molecule has 0 N–H and O–H groups in total. The molecule has 10 heavy (non-hydrogen) atoms. The van der Waals surface area contributed by atoms with E-state index in [0.29, 0.717) is 12.5 Å². The number of alkyl halides is 1. The van der Waals surface area contributed by atoms with E-state index >= 15 is 0 Å². The van der Waals surface area contributed by atoms with E-state index < -0.39 is 0 Å². The van der Waals surface area contributed by atoms with E-state index in [1.54, 1.807) is 0 Å². The summed E-state index contributed by atoms with van der Waals surface area (Å²) in [4.78, 5) is 10.3. The number of hydrogen-bond acceptors (Lipinski definition) is 2. The molecule has 0 aromatic rings. The van der Waals surface area contributed by atoms with Gasteiger partial charge >= 0.3 is 5.97 Å². The molecular formula is C7H13BrO2. The van der Waals surface area contributed by atoms with Crippen molar-refractivity contribution in [1.29, 1.82) is 0 Å². The molecule has 0 saturated carbocycles. The lowest BCUT2D eigenvalue weighted by Crippen LogP contribution is -2.09. The molecule has 0 amide bonds. The number of esters is 1. The Bertz CT molecular complexity index is 104. The molecule has 0 aliphatic heterocycles. The maximum absolute atomic E-state index is 10.3. The normalized spacial score (nSPS) is 12.7. The van der Waals surface area contributed by atoms with E-state index in [9.17, 15) is 4.79 Å². The van der Waals surface area contributed by atoms with Gasteiger partial charge in [0.1, 0.15) is 0 Å². The van der Waals surface area contributed by atoms with Crippen molar-refractivity contribution in [2.24, 2.45) is 5.92 Å². The van der Waals surface area contributed by atoms with E-state index in [4.69, 9.17) is 4.74 Å². The highest BCUT2D eigenvalue weighted by Crippen LogP contribution is 2.04. The number of carbonyl (C=O) groups excluding carboxylic acids is 1. The van der Waals surface area contributed by atoms with E-state index in [1.165, 1.54) is 6.92 Å². The zero-order valence-corrected chi connectivity index (χ0v) is 7.98. The first kappa shape index (κ1) is 9.95. The fourth-order valence-corrected chi connectivity index (χ4v) is 1.31. The van der Waals surface area contributed by atoms with Crippen molar-refractivity contribution in [1.82, 2.24) is 0 Å². The molecule has 0 unspecified atom stereocenters. The van der Waals surface area contributed by atoms with Crippen LogP contribution in [-0.2, 0) is 9.53 Å². The van der Waals surface area contributed by atoms with Crippen LogP contribution in [-0.4, -0.2) is 17.9 Å². The molecule has 0 saturated heterocycles. The maximum Gasteiger partial charge on any atom is 0.302 e. The number of rotatable bonds is 4. The first-order chi connectivity index (χ1) is 4.66. The lowest BCUT2D eigenvalue weighted by atomic mass is 10.1. The lowest BCUT2D eigenvalue weighted by Gasteiger charge is -2.07. The molecule has 3 heteroatoms. The largest absolute Gasteiger partial charge is 0.466 e. The van der Waals surface area contributed by atoms with E-state index in [0.717, 1.165) is 11.8 Å². The van der Waals surface area contributed by atoms with Crippen LogP contribution in [0.4, 0.5) is 0 Å². The Morgan fingerprint density at radius 3 is 2.70 bits per heavy atom. The van der Waals surface area contributed by atoms with Gasteiger partial charge in [0, 0.05) is 12.3 Å². The van der Waals surface area contributed by atoms with Crippen molar-refractivity contribution in [3.63, 3.8) is 0 Å². The summed E-state index contributed by atoms with van der Waals surface area (Å²) < 4.78 is 4.80. The van der Waals surface area contributed by atoms with Crippen molar-refractivity contribution in [3.8, 4) is 0 Å². The van der Waals surface area contributed by atoms with E-state index in [1.807, 2.05) is 0 Å². The van der Waals surface area contributed by atoms with Gasteiger partial charge in [0.25, 0.3) is 0 Å². The van der Waals surface area contributed by atoms with Gasteiger partial charge in [-0.2, -0.15) is 0 Å². The summed E-state index contributed by atoms with van der Waals surface area (Å²) >= 11 is 3.32. The number of hydrogen-bond donors (Lipinski definition) is 0. The van der Waals surface area contributed by atoms with Crippen LogP contribution in [0.15, 0.2) is 0 Å². The summed E-state index contributed by atoms with van der Waals surface area (Å²) in [6, 6.07) is 0. The third-order valence-electron chi connectivity index (χ3n) is 1.17. The molecule has 0 radical (unpaired) electrons. The Balaban J connectivity index is 3.21. The second kappa shape index (κ2) is 5.71. The van der Waals surface area contributed by atoms with Gasteiger partial charge in [-0.1, -0.05) is 22.9 Å². The van der Waals surface area contributed by atoms with E-state index in [2.05, 4.69) is 22.9 Å². The molecule has 1 atom stereocenters. The van der Waals surface area contributed by atoms with Crippen LogP contribution in [0.2, 0.25) is 0 Å². The number of ether oxygens (including phenoxy) is 1. The van der Waals surface area contributed by atoms with Crippen molar-refractivity contribution in [3.05, 3.63) is 0 Å². The topological polar surface area (TPSA) is 26.3 Å². The molecule has 0 bridgehead atoms. The Kier molecular flexibility index (Phi) is 5.69. The molecule has 0 heterocycles. The standard InChI is InChI=1S/C7H13BrO2/c1-6(3-4-8)5-10-7(2)9/h6H,3-5H2,1-2H3/t6-/m1/s1. The minimum absolute atomic E-state index is 0.193. The van der Waals surface area contributed by atoms with Crippen LogP contribution < -0.4 is 0 Å². The van der Waals surface area contributed by atoms with Crippen LogP contribution in [0.1, 0.15) is 20.3 Å². The highest BCUT2D eigenvalue weighted by molar-refractivity contribution is 9.09. The second-order valence-electron chi connectivity index (χ2n) is 2.39. The van der Waals surface area contributed by atoms with E-state index in [-0.39, 0.29) is 5.97 Å². The van der Waals surface area contributed by atoms with Crippen molar-refractivity contribution in [2.75, 3.05) is 11.9 Å². The minimum Gasteiger partial charge on any atom is -0.466 e. The third kappa shape index (κ3) is 6.08. The number of carbonyl (C=O) groups is 1. The van der Waals surface area contributed by atoms with Gasteiger partial charge in [-0.25, -0.2) is 0 Å². The molecule has 0 fully saturated rings.